The van der Waals surface area contributed by atoms with Crippen LogP contribution < -0.4 is 5.48 Å². The minimum Gasteiger partial charge on any atom is -0.294 e. The van der Waals surface area contributed by atoms with Crippen LogP contribution in [0.3, 0.4) is 0 Å². The predicted octanol–water partition coefficient (Wildman–Crippen LogP) is 0.786. The van der Waals surface area contributed by atoms with E-state index in [4.69, 9.17) is 4.84 Å². The van der Waals surface area contributed by atoms with E-state index in [0.29, 0.717) is 13.2 Å². The minimum absolute atomic E-state index is 0.0404. The average Bonchev–Trinajstić information content (AvgIpc) is 2.18. The van der Waals surface area contributed by atoms with E-state index in [-0.39, 0.29) is 5.91 Å². The number of nitrogens with zero attached hydrogens (tertiary/aromatic N) is 1. The molecule has 0 aromatic heterocycles. The third kappa shape index (κ3) is 4.07. The lowest BCUT2D eigenvalue weighted by molar-refractivity contribution is -0.134. The number of piperidine rings is 1. The zero-order chi connectivity index (χ0) is 10.4. The Morgan fingerprint density at radius 1 is 1.50 bits per heavy atom. The fourth-order valence-electron chi connectivity index (χ4n) is 1.61. The number of amides is 1. The SMILES string of the molecule is CCONC(=O)CN1CCC(C)CC1. The number of likely N-dealkylation sites (tertiary alicyclic amines) is 1. The second-order valence-corrected chi connectivity index (χ2v) is 3.92. The second-order valence-electron chi connectivity index (χ2n) is 3.92. The van der Waals surface area contributed by atoms with Crippen molar-refractivity contribution >= 4 is 5.91 Å². The topological polar surface area (TPSA) is 41.6 Å². The molecule has 1 fully saturated rings. The number of carbonyl (C=O) groups is 1. The van der Waals surface area contributed by atoms with Crippen molar-refractivity contribution < 1.29 is 9.63 Å². The van der Waals surface area contributed by atoms with Gasteiger partial charge in [-0.15, -0.1) is 0 Å². The monoisotopic (exact) mass is 200 g/mol. The van der Waals surface area contributed by atoms with Crippen LogP contribution in [0, 0.1) is 5.92 Å². The van der Waals surface area contributed by atoms with Crippen molar-refractivity contribution in [1.29, 1.82) is 0 Å². The standard InChI is InChI=1S/C10H20N2O2/c1-3-14-11-10(13)8-12-6-4-9(2)5-7-12/h9H,3-8H2,1-2H3,(H,11,13). The Morgan fingerprint density at radius 2 is 2.14 bits per heavy atom. The van der Waals surface area contributed by atoms with Crippen LogP contribution in [0.15, 0.2) is 0 Å². The van der Waals surface area contributed by atoms with E-state index in [2.05, 4.69) is 17.3 Å². The molecule has 1 N–H and O–H groups in total. The predicted molar refractivity (Wildman–Crippen MR) is 54.6 cm³/mol. The van der Waals surface area contributed by atoms with Crippen molar-refractivity contribution in [3.63, 3.8) is 0 Å². The summed E-state index contributed by atoms with van der Waals surface area (Å²) in [7, 11) is 0. The summed E-state index contributed by atoms with van der Waals surface area (Å²) < 4.78 is 0. The highest BCUT2D eigenvalue weighted by molar-refractivity contribution is 5.76. The van der Waals surface area contributed by atoms with Gasteiger partial charge in [0, 0.05) is 0 Å². The molecule has 1 amide bonds. The van der Waals surface area contributed by atoms with E-state index in [1.54, 1.807) is 0 Å². The van der Waals surface area contributed by atoms with E-state index in [9.17, 15) is 4.79 Å². The maximum Gasteiger partial charge on any atom is 0.257 e. The van der Waals surface area contributed by atoms with E-state index in [1.807, 2.05) is 6.92 Å². The lowest BCUT2D eigenvalue weighted by Crippen LogP contribution is -2.41. The van der Waals surface area contributed by atoms with E-state index >= 15 is 0 Å². The van der Waals surface area contributed by atoms with Gasteiger partial charge in [-0.2, -0.15) is 0 Å². The molecule has 4 nitrogen and oxygen atoms in total. The quantitative estimate of drug-likeness (QED) is 0.682. The van der Waals surface area contributed by atoms with Crippen molar-refractivity contribution in [2.45, 2.75) is 26.7 Å². The fourth-order valence-corrected chi connectivity index (χ4v) is 1.61. The minimum atomic E-state index is -0.0404. The summed E-state index contributed by atoms with van der Waals surface area (Å²) in [6.45, 7) is 7.15. The van der Waals surface area contributed by atoms with Crippen molar-refractivity contribution in [3.05, 3.63) is 0 Å². The third-order valence-corrected chi connectivity index (χ3v) is 2.57. The molecule has 14 heavy (non-hydrogen) atoms. The van der Waals surface area contributed by atoms with E-state index in [1.165, 1.54) is 12.8 Å². The molecule has 0 aromatic rings. The van der Waals surface area contributed by atoms with Gasteiger partial charge in [0.15, 0.2) is 0 Å². The summed E-state index contributed by atoms with van der Waals surface area (Å²) in [4.78, 5) is 18.3. The first-order valence-corrected chi connectivity index (χ1v) is 5.35. The van der Waals surface area contributed by atoms with Crippen LogP contribution in [0.4, 0.5) is 0 Å². The molecule has 1 aliphatic rings. The number of hydroxylamine groups is 1. The van der Waals surface area contributed by atoms with Gasteiger partial charge < -0.3 is 0 Å². The summed E-state index contributed by atoms with van der Waals surface area (Å²) >= 11 is 0. The molecule has 0 atom stereocenters. The Kier molecular flexibility index (Phi) is 4.90. The summed E-state index contributed by atoms with van der Waals surface area (Å²) in [5.41, 5.74) is 2.41. The molecule has 1 saturated heterocycles. The molecule has 1 aliphatic heterocycles. The highest BCUT2D eigenvalue weighted by Gasteiger charge is 2.17. The molecule has 0 unspecified atom stereocenters. The lowest BCUT2D eigenvalue weighted by atomic mass is 9.99. The highest BCUT2D eigenvalue weighted by atomic mass is 16.6. The fraction of sp³-hybridized carbons (Fsp3) is 0.900. The number of hydrogen-bond acceptors (Lipinski definition) is 3. The van der Waals surface area contributed by atoms with Crippen LogP contribution >= 0.6 is 0 Å². The maximum atomic E-state index is 11.3. The maximum absolute atomic E-state index is 11.3. The van der Waals surface area contributed by atoms with Crippen molar-refractivity contribution in [3.8, 4) is 0 Å². The molecule has 0 saturated carbocycles. The molecule has 0 aliphatic carbocycles. The van der Waals surface area contributed by atoms with Gasteiger partial charge in [0.1, 0.15) is 0 Å². The van der Waals surface area contributed by atoms with E-state index < -0.39 is 0 Å². The van der Waals surface area contributed by atoms with Gasteiger partial charge in [0.2, 0.25) is 0 Å². The van der Waals surface area contributed by atoms with Gasteiger partial charge in [-0.1, -0.05) is 6.92 Å². The summed E-state index contributed by atoms with van der Waals surface area (Å²) in [5.74, 6) is 0.766. The molecular weight excluding hydrogens is 180 g/mol. The van der Waals surface area contributed by atoms with Crippen LogP contribution in [0.25, 0.3) is 0 Å². The number of nitrogens with one attached hydrogen (secondary N) is 1. The molecule has 1 heterocycles. The van der Waals surface area contributed by atoms with E-state index in [0.717, 1.165) is 19.0 Å². The van der Waals surface area contributed by atoms with Gasteiger partial charge in [-0.05, 0) is 38.8 Å². The van der Waals surface area contributed by atoms with Crippen molar-refractivity contribution in [2.24, 2.45) is 5.92 Å². The normalized spacial score (nSPS) is 19.6. The van der Waals surface area contributed by atoms with Crippen molar-refractivity contribution in [1.82, 2.24) is 10.4 Å². The van der Waals surface area contributed by atoms with Gasteiger partial charge in [-0.25, -0.2) is 5.48 Å². The Balaban J connectivity index is 2.14. The average molecular weight is 200 g/mol. The summed E-state index contributed by atoms with van der Waals surface area (Å²) in [5, 5.41) is 0. The molecule has 4 heteroatoms. The Hall–Kier alpha value is -0.610. The van der Waals surface area contributed by atoms with Crippen LogP contribution in [0.2, 0.25) is 0 Å². The van der Waals surface area contributed by atoms with Crippen LogP contribution in [-0.2, 0) is 9.63 Å². The molecule has 1 rings (SSSR count). The Labute approximate surface area is 85.6 Å². The smallest absolute Gasteiger partial charge is 0.257 e. The lowest BCUT2D eigenvalue weighted by Gasteiger charge is -2.29. The second kappa shape index (κ2) is 5.98. The largest absolute Gasteiger partial charge is 0.294 e. The van der Waals surface area contributed by atoms with Gasteiger partial charge in [0.05, 0.1) is 13.2 Å². The summed E-state index contributed by atoms with van der Waals surface area (Å²) in [6, 6.07) is 0. The highest BCUT2D eigenvalue weighted by Crippen LogP contribution is 2.15. The molecule has 82 valence electrons. The number of rotatable bonds is 4. The first-order chi connectivity index (χ1) is 6.72. The first-order valence-electron chi connectivity index (χ1n) is 5.35. The van der Waals surface area contributed by atoms with Gasteiger partial charge in [-0.3, -0.25) is 14.5 Å². The zero-order valence-electron chi connectivity index (χ0n) is 9.08. The van der Waals surface area contributed by atoms with Gasteiger partial charge >= 0.3 is 0 Å². The zero-order valence-corrected chi connectivity index (χ0v) is 9.08. The molecule has 0 spiro atoms. The van der Waals surface area contributed by atoms with Crippen LogP contribution in [-0.4, -0.2) is 37.0 Å². The summed E-state index contributed by atoms with van der Waals surface area (Å²) in [6.07, 6.45) is 2.39. The van der Waals surface area contributed by atoms with Crippen molar-refractivity contribution in [2.75, 3.05) is 26.2 Å². The molecular formula is C10H20N2O2. The third-order valence-electron chi connectivity index (χ3n) is 2.57. The van der Waals surface area contributed by atoms with Crippen LogP contribution in [0.1, 0.15) is 26.7 Å². The number of carbonyl (C=O) groups excluding carboxylic acids is 1. The first kappa shape index (κ1) is 11.5. The van der Waals surface area contributed by atoms with Crippen LogP contribution in [0.5, 0.6) is 0 Å². The van der Waals surface area contributed by atoms with Gasteiger partial charge in [0.25, 0.3) is 5.91 Å². The Bertz CT molecular complexity index is 177. The molecule has 0 radical (unpaired) electrons. The molecule has 0 aromatic carbocycles. The molecule has 0 bridgehead atoms. The Morgan fingerprint density at radius 3 is 2.71 bits per heavy atom. The number of hydrogen-bond donors (Lipinski definition) is 1.